The van der Waals surface area contributed by atoms with Crippen molar-refractivity contribution < 1.29 is 14.6 Å². The van der Waals surface area contributed by atoms with E-state index in [0.29, 0.717) is 5.56 Å². The Morgan fingerprint density at radius 3 is 2.13 bits per heavy atom. The van der Waals surface area contributed by atoms with E-state index < -0.39 is 11.6 Å². The maximum atomic E-state index is 11.3. The topological polar surface area (TPSA) is 70.5 Å². The lowest BCUT2D eigenvalue weighted by atomic mass is 10.2. The van der Waals surface area contributed by atoms with E-state index in [2.05, 4.69) is 4.89 Å². The summed E-state index contributed by atoms with van der Waals surface area (Å²) in [5, 5.41) is 0. The van der Waals surface area contributed by atoms with Crippen LogP contribution < -0.4 is 6.15 Å². The molecular weight excluding hydrogens is 194 g/mol. The van der Waals surface area contributed by atoms with Gasteiger partial charge < -0.3 is 6.15 Å². The number of benzene rings is 1. The molecule has 1 aromatic rings. The van der Waals surface area contributed by atoms with Crippen LogP contribution in [0.25, 0.3) is 0 Å². The van der Waals surface area contributed by atoms with Gasteiger partial charge in [-0.25, -0.2) is 4.79 Å². The van der Waals surface area contributed by atoms with Crippen molar-refractivity contribution in [1.29, 1.82) is 0 Å². The number of rotatable bonds is 2. The average Bonchev–Trinajstić information content (AvgIpc) is 2.14. The highest BCUT2D eigenvalue weighted by Gasteiger charge is 2.15. The van der Waals surface area contributed by atoms with E-state index in [9.17, 15) is 4.79 Å². The van der Waals surface area contributed by atoms with E-state index in [0.717, 1.165) is 0 Å². The summed E-state index contributed by atoms with van der Waals surface area (Å²) in [5.74, 6) is -0.472. The van der Waals surface area contributed by atoms with E-state index >= 15 is 0 Å². The lowest BCUT2D eigenvalue weighted by Crippen LogP contribution is -2.21. The van der Waals surface area contributed by atoms with Gasteiger partial charge in [0.25, 0.3) is 0 Å². The first-order chi connectivity index (χ1) is 6.49. The standard InChI is InChI=1S/C11H14O3.H3N/c1-11(2,3)14-13-10(12)9-7-5-4-6-8-9;/h4-8H,1-3H3;1H3. The first kappa shape index (κ1) is 13.6. The van der Waals surface area contributed by atoms with Crippen molar-refractivity contribution in [3.05, 3.63) is 35.9 Å². The molecule has 0 radical (unpaired) electrons. The summed E-state index contributed by atoms with van der Waals surface area (Å²) in [6.45, 7) is 5.43. The summed E-state index contributed by atoms with van der Waals surface area (Å²) in [6, 6.07) is 8.73. The van der Waals surface area contributed by atoms with Gasteiger partial charge in [-0.05, 0) is 32.9 Å². The van der Waals surface area contributed by atoms with Crippen molar-refractivity contribution in [2.45, 2.75) is 26.4 Å². The third kappa shape index (κ3) is 5.15. The molecule has 0 amide bonds. The summed E-state index contributed by atoms with van der Waals surface area (Å²) >= 11 is 0. The van der Waals surface area contributed by atoms with Crippen LogP contribution in [0.1, 0.15) is 31.1 Å². The van der Waals surface area contributed by atoms with Crippen LogP contribution in [-0.4, -0.2) is 11.6 Å². The Morgan fingerprint density at radius 1 is 1.13 bits per heavy atom. The Morgan fingerprint density at radius 2 is 1.67 bits per heavy atom. The molecule has 0 fully saturated rings. The maximum absolute atomic E-state index is 11.3. The quantitative estimate of drug-likeness (QED) is 0.603. The second kappa shape index (κ2) is 5.48. The fraction of sp³-hybridized carbons (Fsp3) is 0.364. The van der Waals surface area contributed by atoms with Crippen LogP contribution in [0.3, 0.4) is 0 Å². The first-order valence-corrected chi connectivity index (χ1v) is 4.44. The van der Waals surface area contributed by atoms with Crippen molar-refractivity contribution in [2.75, 3.05) is 0 Å². The molecule has 15 heavy (non-hydrogen) atoms. The largest absolute Gasteiger partial charge is 0.373 e. The predicted octanol–water partition coefficient (Wildman–Crippen LogP) is 2.74. The van der Waals surface area contributed by atoms with Gasteiger partial charge in [0.1, 0.15) is 5.60 Å². The smallest absolute Gasteiger partial charge is 0.344 e. The molecule has 4 heteroatoms. The Hall–Kier alpha value is -1.39. The minimum Gasteiger partial charge on any atom is -0.344 e. The molecule has 0 heterocycles. The fourth-order valence-corrected chi connectivity index (χ4v) is 0.785. The number of hydrogen-bond donors (Lipinski definition) is 1. The molecule has 3 N–H and O–H groups in total. The van der Waals surface area contributed by atoms with E-state index in [1.54, 1.807) is 24.3 Å². The van der Waals surface area contributed by atoms with Crippen LogP contribution in [0, 0.1) is 0 Å². The van der Waals surface area contributed by atoms with Gasteiger partial charge in [-0.2, -0.15) is 4.89 Å². The lowest BCUT2D eigenvalue weighted by molar-refractivity contribution is -0.301. The minimum atomic E-state index is -0.482. The molecule has 0 aliphatic heterocycles. The Kier molecular flexibility index (Phi) is 4.97. The third-order valence-corrected chi connectivity index (χ3v) is 1.38. The summed E-state index contributed by atoms with van der Waals surface area (Å²) in [7, 11) is 0. The van der Waals surface area contributed by atoms with Crippen molar-refractivity contribution in [3.63, 3.8) is 0 Å². The van der Waals surface area contributed by atoms with E-state index in [-0.39, 0.29) is 6.15 Å². The van der Waals surface area contributed by atoms with Gasteiger partial charge in [0.2, 0.25) is 0 Å². The molecule has 0 bridgehead atoms. The third-order valence-electron chi connectivity index (χ3n) is 1.38. The summed E-state index contributed by atoms with van der Waals surface area (Å²) in [6.07, 6.45) is 0. The zero-order valence-corrected chi connectivity index (χ0v) is 9.32. The fourth-order valence-electron chi connectivity index (χ4n) is 0.785. The molecule has 0 spiro atoms. The second-order valence-corrected chi connectivity index (χ2v) is 3.93. The molecule has 0 atom stereocenters. The first-order valence-electron chi connectivity index (χ1n) is 4.44. The van der Waals surface area contributed by atoms with Crippen LogP contribution in [-0.2, 0) is 9.78 Å². The van der Waals surface area contributed by atoms with Gasteiger partial charge in [-0.3, -0.25) is 4.89 Å². The van der Waals surface area contributed by atoms with Crippen molar-refractivity contribution in [3.8, 4) is 0 Å². The highest BCUT2D eigenvalue weighted by Crippen LogP contribution is 2.09. The van der Waals surface area contributed by atoms with E-state index in [4.69, 9.17) is 4.89 Å². The van der Waals surface area contributed by atoms with Crippen molar-refractivity contribution >= 4 is 5.97 Å². The summed E-state index contributed by atoms with van der Waals surface area (Å²) in [4.78, 5) is 20.9. The van der Waals surface area contributed by atoms with Crippen LogP contribution in [0.4, 0.5) is 0 Å². The maximum Gasteiger partial charge on any atom is 0.373 e. The van der Waals surface area contributed by atoms with Crippen LogP contribution in [0.15, 0.2) is 30.3 Å². The summed E-state index contributed by atoms with van der Waals surface area (Å²) < 4.78 is 0. The van der Waals surface area contributed by atoms with Gasteiger partial charge in [0, 0.05) is 0 Å². The molecule has 84 valence electrons. The summed E-state index contributed by atoms with van der Waals surface area (Å²) in [5.41, 5.74) is 0.00140. The van der Waals surface area contributed by atoms with Crippen molar-refractivity contribution in [1.82, 2.24) is 6.15 Å². The van der Waals surface area contributed by atoms with Crippen LogP contribution >= 0.6 is 0 Å². The van der Waals surface area contributed by atoms with Crippen LogP contribution in [0.5, 0.6) is 0 Å². The second-order valence-electron chi connectivity index (χ2n) is 3.93. The highest BCUT2D eigenvalue weighted by molar-refractivity contribution is 5.88. The van der Waals surface area contributed by atoms with E-state index in [1.807, 2.05) is 26.8 Å². The molecule has 0 aliphatic rings. The van der Waals surface area contributed by atoms with Crippen molar-refractivity contribution in [2.24, 2.45) is 0 Å². The SMILES string of the molecule is CC(C)(C)OOC(=O)c1ccccc1.N. The highest BCUT2D eigenvalue weighted by atomic mass is 17.2. The van der Waals surface area contributed by atoms with Gasteiger partial charge in [0.05, 0.1) is 5.56 Å². The van der Waals surface area contributed by atoms with Crippen LogP contribution in [0.2, 0.25) is 0 Å². The molecule has 4 nitrogen and oxygen atoms in total. The lowest BCUT2D eigenvalue weighted by Gasteiger charge is -2.16. The predicted molar refractivity (Wildman–Crippen MR) is 57.7 cm³/mol. The monoisotopic (exact) mass is 211 g/mol. The van der Waals surface area contributed by atoms with Gasteiger partial charge >= 0.3 is 5.97 Å². The molecular formula is C11H17NO3. The molecule has 0 aliphatic carbocycles. The molecule has 0 saturated heterocycles. The zero-order valence-electron chi connectivity index (χ0n) is 9.32. The van der Waals surface area contributed by atoms with E-state index in [1.165, 1.54) is 0 Å². The average molecular weight is 211 g/mol. The Labute approximate surface area is 89.7 Å². The molecule has 1 aromatic carbocycles. The van der Waals surface area contributed by atoms with Gasteiger partial charge in [-0.15, -0.1) is 0 Å². The number of carbonyl (C=O) groups is 1. The number of hydrogen-bond acceptors (Lipinski definition) is 4. The molecule has 1 rings (SSSR count). The van der Waals surface area contributed by atoms with Gasteiger partial charge in [-0.1, -0.05) is 18.2 Å². The Bertz CT molecular complexity index is 303. The zero-order chi connectivity index (χ0) is 10.6. The molecule has 0 unspecified atom stereocenters. The minimum absolute atomic E-state index is 0. The molecule has 0 saturated carbocycles. The Balaban J connectivity index is 0.00000196. The number of carbonyl (C=O) groups excluding carboxylic acids is 1. The van der Waals surface area contributed by atoms with Gasteiger partial charge in [0.15, 0.2) is 0 Å². The molecule has 0 aromatic heterocycles. The normalized spacial score (nSPS) is 10.3.